The minimum atomic E-state index is -1.08. The van der Waals surface area contributed by atoms with Crippen LogP contribution < -0.4 is 22.5 Å². The van der Waals surface area contributed by atoms with E-state index in [1.54, 1.807) is 0 Å². The molecule has 0 rings (SSSR count). The van der Waals surface area contributed by atoms with Gasteiger partial charge in [0.1, 0.15) is 0 Å². The van der Waals surface area contributed by atoms with Crippen molar-refractivity contribution in [3.8, 4) is 0 Å². The van der Waals surface area contributed by atoms with Crippen LogP contribution in [-0.2, 0) is 14.4 Å². The molecule has 0 saturated carbocycles. The van der Waals surface area contributed by atoms with Gasteiger partial charge in [0.25, 0.3) is 0 Å². The molecule has 1 unspecified atom stereocenters. The van der Waals surface area contributed by atoms with Crippen molar-refractivity contribution in [3.63, 3.8) is 0 Å². The lowest BCUT2D eigenvalue weighted by Crippen LogP contribution is -2.37. The number of hydrogen-bond donors (Lipinski definition) is 6. The highest BCUT2D eigenvalue weighted by molar-refractivity contribution is 5.79. The van der Waals surface area contributed by atoms with E-state index in [9.17, 15) is 19.2 Å². The second kappa shape index (κ2) is 11.7. The molecule has 0 spiro atoms. The van der Waals surface area contributed by atoms with Crippen LogP contribution in [0.5, 0.6) is 0 Å². The molecule has 20 heavy (non-hydrogen) atoms. The van der Waals surface area contributed by atoms with Gasteiger partial charge in [-0.15, -0.1) is 0 Å². The van der Waals surface area contributed by atoms with E-state index in [4.69, 9.17) is 27.4 Å². The lowest BCUT2D eigenvalue weighted by molar-refractivity contribution is -0.143. The maximum Gasteiger partial charge on any atom is 0.312 e. The van der Waals surface area contributed by atoms with E-state index in [0.717, 1.165) is 0 Å². The Morgan fingerprint density at radius 2 is 1.45 bits per heavy atom. The van der Waals surface area contributed by atoms with Crippen LogP contribution in [0.15, 0.2) is 0 Å². The molecule has 0 saturated heterocycles. The summed E-state index contributed by atoms with van der Waals surface area (Å²) in [4.78, 5) is 39.9. The summed E-state index contributed by atoms with van der Waals surface area (Å²) >= 11 is 0. The third-order valence-electron chi connectivity index (χ3n) is 1.91. The number of hydrogen-bond acceptors (Lipinski definition) is 5. The fourth-order valence-corrected chi connectivity index (χ4v) is 0.890. The lowest BCUT2D eigenvalue weighted by atomic mass is 10.1. The first kappa shape index (κ1) is 20.0. The molecule has 1 atom stereocenters. The third-order valence-corrected chi connectivity index (χ3v) is 1.91. The average molecular weight is 292 g/mol. The molecule has 0 fully saturated rings. The molecule has 0 radical (unpaired) electrons. The number of rotatable bonds is 8. The van der Waals surface area contributed by atoms with Gasteiger partial charge in [-0.25, -0.2) is 4.79 Å². The quantitative estimate of drug-likeness (QED) is 0.283. The van der Waals surface area contributed by atoms with Crippen LogP contribution in [0.1, 0.15) is 25.7 Å². The Hall–Kier alpha value is -2.36. The van der Waals surface area contributed by atoms with Gasteiger partial charge in [-0.1, -0.05) is 0 Å². The minimum Gasteiger partial charge on any atom is -0.481 e. The first-order chi connectivity index (χ1) is 9.16. The Bertz CT molecular complexity index is 333. The molecule has 3 amide bonds. The molecule has 0 aromatic rings. The molecule has 0 aromatic heterocycles. The Morgan fingerprint density at radius 3 is 1.75 bits per heavy atom. The van der Waals surface area contributed by atoms with Crippen LogP contribution in [-0.4, -0.2) is 46.7 Å². The summed E-state index contributed by atoms with van der Waals surface area (Å²) in [5, 5.41) is 18.2. The predicted octanol–water partition coefficient (Wildman–Crippen LogP) is -1.82. The van der Waals surface area contributed by atoms with E-state index in [1.165, 1.54) is 0 Å². The molecule has 0 aliphatic rings. The summed E-state index contributed by atoms with van der Waals surface area (Å²) in [7, 11) is 0. The fraction of sp³-hybridized carbons (Fsp3) is 0.600. The van der Waals surface area contributed by atoms with Crippen LogP contribution in [0.4, 0.5) is 4.79 Å². The topological polar surface area (TPSA) is 199 Å². The highest BCUT2D eigenvalue weighted by Gasteiger charge is 2.07. The summed E-state index contributed by atoms with van der Waals surface area (Å²) < 4.78 is 0. The van der Waals surface area contributed by atoms with Gasteiger partial charge >= 0.3 is 18.0 Å². The van der Waals surface area contributed by atoms with Gasteiger partial charge < -0.3 is 32.7 Å². The Kier molecular flexibility index (Phi) is 11.7. The molecule has 0 bridgehead atoms. The number of carbonyl (C=O) groups excluding carboxylic acids is 2. The highest BCUT2D eigenvalue weighted by Crippen LogP contribution is 1.91. The monoisotopic (exact) mass is 292 g/mol. The number of urea groups is 1. The van der Waals surface area contributed by atoms with Crippen molar-refractivity contribution >= 4 is 23.9 Å². The normalized spacial score (nSPS) is 10.7. The van der Waals surface area contributed by atoms with E-state index in [-0.39, 0.29) is 12.8 Å². The molecule has 0 aliphatic carbocycles. The first-order valence-electron chi connectivity index (χ1n) is 5.68. The molecule has 0 heterocycles. The second-order valence-electron chi connectivity index (χ2n) is 3.73. The zero-order chi connectivity index (χ0) is 16.1. The zero-order valence-electron chi connectivity index (χ0n) is 10.9. The van der Waals surface area contributed by atoms with Crippen molar-refractivity contribution in [2.24, 2.45) is 17.2 Å². The largest absolute Gasteiger partial charge is 0.481 e. The minimum absolute atomic E-state index is 0.296. The summed E-state index contributed by atoms with van der Waals surface area (Å²) in [6.07, 6.45) is 0.452. The van der Waals surface area contributed by atoms with Gasteiger partial charge in [-0.2, -0.15) is 0 Å². The van der Waals surface area contributed by atoms with Gasteiger partial charge in [-0.05, 0) is 12.8 Å². The number of primary amides is 2. The Labute approximate surface area is 115 Å². The number of nitrogens with two attached hydrogens (primary N) is 3. The van der Waals surface area contributed by atoms with Crippen molar-refractivity contribution in [1.82, 2.24) is 5.32 Å². The molecule has 0 aromatic carbocycles. The van der Waals surface area contributed by atoms with E-state index in [2.05, 4.69) is 5.32 Å². The van der Waals surface area contributed by atoms with E-state index >= 15 is 0 Å². The maximum absolute atomic E-state index is 10.4. The second-order valence-corrected chi connectivity index (χ2v) is 3.73. The van der Waals surface area contributed by atoms with Crippen LogP contribution in [0.2, 0.25) is 0 Å². The van der Waals surface area contributed by atoms with Crippen molar-refractivity contribution < 1.29 is 29.4 Å². The third kappa shape index (κ3) is 18.0. The zero-order valence-corrected chi connectivity index (χ0v) is 10.9. The summed E-state index contributed by atoms with van der Waals surface area (Å²) in [6.45, 7) is 0.413. The number of amides is 3. The highest BCUT2D eigenvalue weighted by atomic mass is 16.4. The van der Waals surface area contributed by atoms with Gasteiger partial charge in [0.15, 0.2) is 0 Å². The molecule has 0 aliphatic heterocycles. The smallest absolute Gasteiger partial charge is 0.312 e. The molecular formula is C10H20N4O6. The van der Waals surface area contributed by atoms with Crippen molar-refractivity contribution in [2.75, 3.05) is 6.54 Å². The van der Waals surface area contributed by atoms with Crippen LogP contribution in [0.25, 0.3) is 0 Å². The van der Waals surface area contributed by atoms with Crippen molar-refractivity contribution in [1.29, 1.82) is 0 Å². The number of carbonyl (C=O) groups is 4. The van der Waals surface area contributed by atoms with Crippen molar-refractivity contribution in [2.45, 2.75) is 31.7 Å². The lowest BCUT2D eigenvalue weighted by Gasteiger charge is -2.06. The van der Waals surface area contributed by atoms with Crippen LogP contribution in [0, 0.1) is 0 Å². The number of aliphatic carboxylic acids is 2. The first-order valence-corrected chi connectivity index (χ1v) is 5.68. The standard InChI is InChI=1S/C6H14N4O2.C4H6O4/c7-4(5(8)11)2-1-3-10-6(9)12;5-3(6)1-2-4(7)8/h4H,1-3,7H2,(H2,8,11)(H3,9,10,12);1-2H2,(H,5,6)(H,7,8). The van der Waals surface area contributed by atoms with Crippen LogP contribution >= 0.6 is 0 Å². The van der Waals surface area contributed by atoms with E-state index in [1.807, 2.05) is 0 Å². The molecule has 10 nitrogen and oxygen atoms in total. The molecular weight excluding hydrogens is 272 g/mol. The predicted molar refractivity (Wildman–Crippen MR) is 68.5 cm³/mol. The SMILES string of the molecule is NC(=O)NCCCC(N)C(N)=O.O=C(O)CCC(=O)O. The average Bonchev–Trinajstić information content (AvgIpc) is 2.32. The van der Waals surface area contributed by atoms with E-state index in [0.29, 0.717) is 19.4 Å². The Balaban J connectivity index is 0. The van der Waals surface area contributed by atoms with Gasteiger partial charge in [0, 0.05) is 6.54 Å². The van der Waals surface area contributed by atoms with Gasteiger partial charge in [0.2, 0.25) is 5.91 Å². The molecule has 10 heteroatoms. The molecule has 116 valence electrons. The number of carboxylic acids is 2. The van der Waals surface area contributed by atoms with Gasteiger partial charge in [-0.3, -0.25) is 14.4 Å². The summed E-state index contributed by atoms with van der Waals surface area (Å²) in [5.41, 5.74) is 15.0. The Morgan fingerprint density at radius 1 is 1.00 bits per heavy atom. The fourth-order valence-electron chi connectivity index (χ4n) is 0.890. The van der Waals surface area contributed by atoms with Gasteiger partial charge in [0.05, 0.1) is 18.9 Å². The summed E-state index contributed by atoms with van der Waals surface area (Å²) in [6, 6.07) is -1.22. The number of carboxylic acid groups (broad SMARTS) is 2. The van der Waals surface area contributed by atoms with Crippen molar-refractivity contribution in [3.05, 3.63) is 0 Å². The summed E-state index contributed by atoms with van der Waals surface area (Å²) in [5.74, 6) is -2.69. The molecule has 9 N–H and O–H groups in total. The number of nitrogens with one attached hydrogen (secondary N) is 1. The van der Waals surface area contributed by atoms with Crippen LogP contribution in [0.3, 0.4) is 0 Å². The maximum atomic E-state index is 10.4. The van der Waals surface area contributed by atoms with E-state index < -0.39 is 29.9 Å².